The number of hydrogen-bond donors (Lipinski definition) is 2. The number of aromatic nitrogens is 3. The Morgan fingerprint density at radius 3 is 2.68 bits per heavy atom. The maximum atomic E-state index is 14.0. The number of aliphatic hydroxyl groups excluding tert-OH is 1. The van der Waals surface area contributed by atoms with Crippen LogP contribution in [-0.4, -0.2) is 88.5 Å². The number of rotatable bonds is 11. The molecule has 1 unspecified atom stereocenters. The monoisotopic (exact) mass is 700 g/mol. The average molecular weight is 702 g/mol. The molecule has 0 bridgehead atoms. The van der Waals surface area contributed by atoms with Gasteiger partial charge in [0, 0.05) is 53.7 Å². The van der Waals surface area contributed by atoms with Gasteiger partial charge in [-0.3, -0.25) is 4.79 Å². The number of carbonyl (C=O) groups is 1. The minimum Gasteiger partial charge on any atom is -0.487 e. The molecule has 0 aliphatic carbocycles. The van der Waals surface area contributed by atoms with Crippen LogP contribution in [0.5, 0.6) is 5.75 Å². The molecule has 250 valence electrons. The molecule has 2 aliphatic heterocycles. The van der Waals surface area contributed by atoms with Gasteiger partial charge in [-0.1, -0.05) is 35.3 Å². The summed E-state index contributed by atoms with van der Waals surface area (Å²) in [5.74, 6) is 0.501. The predicted molar refractivity (Wildman–Crippen MR) is 181 cm³/mol. The molecule has 2 aliphatic rings. The zero-order valence-electron chi connectivity index (χ0n) is 26.1. The van der Waals surface area contributed by atoms with Gasteiger partial charge in [-0.25, -0.2) is 18.4 Å². The number of sulfonamides is 1. The summed E-state index contributed by atoms with van der Waals surface area (Å²) < 4.78 is 37.4. The lowest BCUT2D eigenvalue weighted by Crippen LogP contribution is -2.47. The van der Waals surface area contributed by atoms with Crippen molar-refractivity contribution in [3.05, 3.63) is 76.4 Å². The number of aryl methyl sites for hydroxylation is 1. The third-order valence-corrected chi connectivity index (χ3v) is 11.8. The van der Waals surface area contributed by atoms with Crippen LogP contribution in [0.3, 0.4) is 0 Å². The van der Waals surface area contributed by atoms with Gasteiger partial charge in [0.2, 0.25) is 15.9 Å². The van der Waals surface area contributed by atoms with Crippen molar-refractivity contribution in [1.82, 2.24) is 29.1 Å². The molecule has 0 spiro atoms. The highest BCUT2D eigenvalue weighted by Crippen LogP contribution is 2.37. The second-order valence-corrected chi connectivity index (χ2v) is 14.7. The third kappa shape index (κ3) is 7.13. The summed E-state index contributed by atoms with van der Waals surface area (Å²) in [4.78, 5) is 24.3. The molecular formula is C33H38Cl2N6O5S. The molecule has 2 saturated heterocycles. The summed E-state index contributed by atoms with van der Waals surface area (Å²) in [5.41, 5.74) is 2.64. The van der Waals surface area contributed by atoms with Crippen LogP contribution in [0.4, 0.5) is 0 Å². The molecule has 0 radical (unpaired) electrons. The summed E-state index contributed by atoms with van der Waals surface area (Å²) in [6, 6.07) is 9.62. The third-order valence-electron chi connectivity index (χ3n) is 9.00. The number of likely N-dealkylation sites (tertiary alicyclic amines) is 1. The number of benzene rings is 2. The average Bonchev–Trinajstić information content (AvgIpc) is 3.78. The maximum absolute atomic E-state index is 14.0. The largest absolute Gasteiger partial charge is 0.487 e. The summed E-state index contributed by atoms with van der Waals surface area (Å²) in [7, 11) is -4.14. The SMILES string of the molecule is Cc1cc(-n2ccnc2)c2cccc(OCc3c(Cl)ccc(S(=O)(=O)N4CCCC4C(=O)NCC4CCN(CCO)CC4)c3Cl)c2n1. The van der Waals surface area contributed by atoms with Crippen LogP contribution in [0.15, 0.2) is 60.0 Å². The molecule has 14 heteroatoms. The van der Waals surface area contributed by atoms with Gasteiger partial charge in [-0.05, 0) is 75.9 Å². The number of aliphatic hydroxyl groups is 1. The van der Waals surface area contributed by atoms with E-state index in [4.69, 9.17) is 32.9 Å². The molecule has 11 nitrogen and oxygen atoms in total. The minimum absolute atomic E-state index is 0.0401. The first kappa shape index (κ1) is 33.6. The van der Waals surface area contributed by atoms with Crippen LogP contribution in [0.1, 0.15) is 36.9 Å². The summed E-state index contributed by atoms with van der Waals surface area (Å²) in [5, 5.41) is 13.3. The number of β-amino-alcohol motifs (C(OH)–C–C–N with tert-alkyl or cyclic N) is 1. The molecule has 4 heterocycles. The number of nitrogens with zero attached hydrogens (tertiary/aromatic N) is 5. The highest BCUT2D eigenvalue weighted by atomic mass is 35.5. The Kier molecular flexibility index (Phi) is 10.4. The van der Waals surface area contributed by atoms with Crippen molar-refractivity contribution in [3.8, 4) is 11.4 Å². The molecule has 4 aromatic rings. The summed E-state index contributed by atoms with van der Waals surface area (Å²) in [6.45, 7) is 5.03. The normalized spacial score (nSPS) is 18.2. The molecule has 47 heavy (non-hydrogen) atoms. The van der Waals surface area contributed by atoms with Crippen molar-refractivity contribution >= 4 is 50.0 Å². The number of hydrogen-bond acceptors (Lipinski definition) is 8. The lowest BCUT2D eigenvalue weighted by molar-refractivity contribution is -0.124. The molecule has 0 saturated carbocycles. The number of carbonyl (C=O) groups excluding carboxylic acids is 1. The van der Waals surface area contributed by atoms with E-state index < -0.39 is 16.1 Å². The lowest BCUT2D eigenvalue weighted by Gasteiger charge is -2.32. The van der Waals surface area contributed by atoms with Crippen molar-refractivity contribution in [3.63, 3.8) is 0 Å². The van der Waals surface area contributed by atoms with Gasteiger partial charge >= 0.3 is 0 Å². The Morgan fingerprint density at radius 1 is 1.13 bits per heavy atom. The number of fused-ring (bicyclic) bond motifs is 1. The molecule has 2 N–H and O–H groups in total. The zero-order valence-corrected chi connectivity index (χ0v) is 28.4. The highest BCUT2D eigenvalue weighted by Gasteiger charge is 2.41. The van der Waals surface area contributed by atoms with Gasteiger partial charge in [0.1, 0.15) is 28.8 Å². The first-order chi connectivity index (χ1) is 22.7. The number of para-hydroxylation sites is 1. The highest BCUT2D eigenvalue weighted by molar-refractivity contribution is 7.89. The number of ether oxygens (including phenoxy) is 1. The second-order valence-electron chi connectivity index (χ2n) is 12.1. The molecule has 2 fully saturated rings. The van der Waals surface area contributed by atoms with E-state index >= 15 is 0 Å². The van der Waals surface area contributed by atoms with Crippen molar-refractivity contribution in [1.29, 1.82) is 0 Å². The quantitative estimate of drug-likeness (QED) is 0.233. The first-order valence-corrected chi connectivity index (χ1v) is 18.0. The van der Waals surface area contributed by atoms with Crippen LogP contribution in [-0.2, 0) is 21.4 Å². The number of amides is 1. The van der Waals surface area contributed by atoms with Crippen molar-refractivity contribution in [2.24, 2.45) is 5.92 Å². The number of pyridine rings is 1. The smallest absolute Gasteiger partial charge is 0.245 e. The van der Waals surface area contributed by atoms with Gasteiger partial charge in [0.05, 0.1) is 23.6 Å². The van der Waals surface area contributed by atoms with E-state index in [1.807, 2.05) is 35.9 Å². The van der Waals surface area contributed by atoms with E-state index in [0.717, 1.165) is 42.7 Å². The number of nitrogens with one attached hydrogen (secondary N) is 1. The van der Waals surface area contributed by atoms with E-state index in [0.29, 0.717) is 48.7 Å². The van der Waals surface area contributed by atoms with E-state index in [1.165, 1.54) is 16.4 Å². The van der Waals surface area contributed by atoms with Gasteiger partial charge in [-0.2, -0.15) is 4.31 Å². The Labute approximate surface area is 284 Å². The lowest BCUT2D eigenvalue weighted by atomic mass is 9.96. The zero-order chi connectivity index (χ0) is 33.1. The number of imidazole rings is 1. The van der Waals surface area contributed by atoms with E-state index in [-0.39, 0.29) is 40.6 Å². The summed E-state index contributed by atoms with van der Waals surface area (Å²) >= 11 is 13.3. The second kappa shape index (κ2) is 14.5. The van der Waals surface area contributed by atoms with E-state index in [2.05, 4.69) is 15.2 Å². The van der Waals surface area contributed by atoms with Gasteiger partial charge in [0.15, 0.2) is 0 Å². The van der Waals surface area contributed by atoms with Gasteiger partial charge in [0.25, 0.3) is 0 Å². The Morgan fingerprint density at radius 2 is 1.94 bits per heavy atom. The fourth-order valence-electron chi connectivity index (χ4n) is 6.45. The van der Waals surface area contributed by atoms with Crippen LogP contribution in [0.2, 0.25) is 10.0 Å². The Hall–Kier alpha value is -3.26. The minimum atomic E-state index is -4.14. The molecule has 1 amide bonds. The van der Waals surface area contributed by atoms with Crippen molar-refractivity contribution in [2.45, 2.75) is 50.2 Å². The van der Waals surface area contributed by atoms with Gasteiger partial charge in [-0.15, -0.1) is 0 Å². The molecule has 2 aromatic carbocycles. The standard InChI is InChI=1S/C33H38Cl2N6O5S/c1-22-18-28(40-15-11-36-21-40)24-4-2-6-29(32(24)38-22)46-20-25-26(34)7-8-30(31(25)35)47(44,45)41-12-3-5-27(41)33(43)37-19-23-9-13-39(14-10-23)16-17-42/h2,4,6-8,11,15,18,21,23,27,42H,3,5,9-10,12-14,16-17,19-20H2,1H3,(H,37,43). The number of piperidine rings is 1. The number of halogens is 2. The molecule has 2 aromatic heterocycles. The molecule has 1 atom stereocenters. The van der Waals surface area contributed by atoms with Crippen LogP contribution < -0.4 is 10.1 Å². The van der Waals surface area contributed by atoms with Gasteiger partial charge < -0.3 is 24.6 Å². The van der Waals surface area contributed by atoms with Crippen LogP contribution >= 0.6 is 23.2 Å². The molecule has 6 rings (SSSR count). The Bertz CT molecular complexity index is 1850. The topological polar surface area (TPSA) is 130 Å². The van der Waals surface area contributed by atoms with E-state index in [9.17, 15) is 18.3 Å². The van der Waals surface area contributed by atoms with Crippen LogP contribution in [0.25, 0.3) is 16.6 Å². The summed E-state index contributed by atoms with van der Waals surface area (Å²) in [6.07, 6.45) is 8.09. The van der Waals surface area contributed by atoms with E-state index in [1.54, 1.807) is 18.6 Å². The maximum Gasteiger partial charge on any atom is 0.245 e. The van der Waals surface area contributed by atoms with Crippen LogP contribution in [0, 0.1) is 12.8 Å². The fourth-order valence-corrected chi connectivity index (χ4v) is 8.97. The Balaban J connectivity index is 1.18. The predicted octanol–water partition coefficient (Wildman–Crippen LogP) is 4.59. The first-order valence-electron chi connectivity index (χ1n) is 15.8. The molecular weight excluding hydrogens is 663 g/mol. The van der Waals surface area contributed by atoms with Crippen molar-refractivity contribution < 1.29 is 23.1 Å². The fraction of sp³-hybridized carbons (Fsp3) is 0.424. The van der Waals surface area contributed by atoms with Crippen molar-refractivity contribution in [2.75, 3.05) is 39.3 Å².